The predicted octanol–water partition coefficient (Wildman–Crippen LogP) is 3.56. The lowest BCUT2D eigenvalue weighted by molar-refractivity contribution is 0.185. The van der Waals surface area contributed by atoms with Crippen molar-refractivity contribution in [2.45, 2.75) is 20.1 Å². The molecule has 7 heteroatoms. The summed E-state index contributed by atoms with van der Waals surface area (Å²) in [5, 5.41) is 3.12. The third-order valence-corrected chi connectivity index (χ3v) is 3.74. The van der Waals surface area contributed by atoms with Crippen molar-refractivity contribution in [1.29, 1.82) is 0 Å². The van der Waals surface area contributed by atoms with Gasteiger partial charge in [0.05, 0.1) is 17.6 Å². The maximum absolute atomic E-state index is 6.00. The third kappa shape index (κ3) is 4.70. The molecule has 0 atom stereocenters. The van der Waals surface area contributed by atoms with Crippen LogP contribution in [-0.2, 0) is 17.9 Å². The van der Waals surface area contributed by atoms with E-state index in [0.29, 0.717) is 19.1 Å². The minimum absolute atomic E-state index is 0. The first-order valence-electron chi connectivity index (χ1n) is 7.75. The van der Waals surface area contributed by atoms with E-state index in [0.717, 1.165) is 33.7 Å². The van der Waals surface area contributed by atoms with E-state index in [1.54, 1.807) is 7.11 Å². The smallest absolute Gasteiger partial charge is 0.193 e. The monoisotopic (exact) mass is 451 g/mol. The molecule has 2 aromatic carbocycles. The molecule has 132 valence electrons. The van der Waals surface area contributed by atoms with Crippen molar-refractivity contribution in [2.75, 3.05) is 12.4 Å². The van der Waals surface area contributed by atoms with E-state index in [9.17, 15) is 0 Å². The molecule has 3 rings (SSSR count). The summed E-state index contributed by atoms with van der Waals surface area (Å²) in [6.45, 7) is 2.94. The van der Waals surface area contributed by atoms with Crippen LogP contribution >= 0.6 is 24.0 Å². The second kappa shape index (κ2) is 8.82. The predicted molar refractivity (Wildman–Crippen MR) is 112 cm³/mol. The zero-order valence-corrected chi connectivity index (χ0v) is 16.6. The highest BCUT2D eigenvalue weighted by Gasteiger charge is 2.05. The molecule has 0 radical (unpaired) electrons. The number of aromatic amines is 1. The van der Waals surface area contributed by atoms with Crippen LogP contribution in [-0.4, -0.2) is 23.0 Å². The number of ether oxygens (including phenoxy) is 1. The standard InChI is InChI=1S/C18H21N5O.HI/c1-12-6-5-9-15-17(12)23-16(21-15)10-20-18(19)22-14-8-4-3-7-13(14)11-24-2;/h3-9H,10-11H2,1-2H3,(H,21,23)(H3,19,20,22);1H. The fourth-order valence-electron chi connectivity index (χ4n) is 2.56. The van der Waals surface area contributed by atoms with Gasteiger partial charge in [-0.05, 0) is 24.6 Å². The first-order valence-corrected chi connectivity index (χ1v) is 7.75. The Balaban J connectivity index is 0.00000225. The van der Waals surface area contributed by atoms with E-state index in [1.165, 1.54) is 0 Å². The number of imidazole rings is 1. The summed E-state index contributed by atoms with van der Waals surface area (Å²) in [7, 11) is 1.66. The largest absolute Gasteiger partial charge is 0.380 e. The molecule has 3 aromatic rings. The summed E-state index contributed by atoms with van der Waals surface area (Å²) in [6, 6.07) is 13.9. The maximum Gasteiger partial charge on any atom is 0.193 e. The molecular weight excluding hydrogens is 429 g/mol. The Kier molecular flexibility index (Phi) is 6.77. The summed E-state index contributed by atoms with van der Waals surface area (Å²) in [4.78, 5) is 12.2. The number of aryl methyl sites for hydroxylation is 1. The van der Waals surface area contributed by atoms with E-state index >= 15 is 0 Å². The Morgan fingerprint density at radius 1 is 1.24 bits per heavy atom. The lowest BCUT2D eigenvalue weighted by Crippen LogP contribution is -2.23. The van der Waals surface area contributed by atoms with Crippen LogP contribution in [0.15, 0.2) is 47.5 Å². The normalized spacial score (nSPS) is 11.4. The molecule has 1 heterocycles. The summed E-state index contributed by atoms with van der Waals surface area (Å²) >= 11 is 0. The molecule has 0 aliphatic heterocycles. The number of aliphatic imine (C=N–C) groups is 1. The zero-order valence-electron chi connectivity index (χ0n) is 14.2. The number of hydrogen-bond acceptors (Lipinski definition) is 3. The van der Waals surface area contributed by atoms with Gasteiger partial charge < -0.3 is 20.8 Å². The topological polar surface area (TPSA) is 88.3 Å². The summed E-state index contributed by atoms with van der Waals surface area (Å²) in [6.07, 6.45) is 0. The second-order valence-corrected chi connectivity index (χ2v) is 5.57. The quantitative estimate of drug-likeness (QED) is 0.315. The van der Waals surface area contributed by atoms with Crippen molar-refractivity contribution in [1.82, 2.24) is 9.97 Å². The van der Waals surface area contributed by atoms with Crippen molar-refractivity contribution in [2.24, 2.45) is 10.7 Å². The van der Waals surface area contributed by atoms with Gasteiger partial charge in [0.2, 0.25) is 0 Å². The molecule has 0 aliphatic rings. The summed E-state index contributed by atoms with van der Waals surface area (Å²) in [5.74, 6) is 1.13. The van der Waals surface area contributed by atoms with Crippen LogP contribution in [0.3, 0.4) is 0 Å². The zero-order chi connectivity index (χ0) is 16.9. The lowest BCUT2D eigenvalue weighted by atomic mass is 10.2. The Bertz CT molecular complexity index is 875. The Labute approximate surface area is 163 Å². The summed E-state index contributed by atoms with van der Waals surface area (Å²) < 4.78 is 5.19. The molecule has 0 amide bonds. The second-order valence-electron chi connectivity index (χ2n) is 5.57. The first kappa shape index (κ1) is 19.2. The number of benzene rings is 2. The molecule has 0 aliphatic carbocycles. The number of nitrogens with two attached hydrogens (primary N) is 1. The Morgan fingerprint density at radius 2 is 2.04 bits per heavy atom. The minimum atomic E-state index is 0. The lowest BCUT2D eigenvalue weighted by Gasteiger charge is -2.10. The van der Waals surface area contributed by atoms with Gasteiger partial charge in [-0.2, -0.15) is 0 Å². The van der Waals surface area contributed by atoms with Crippen molar-refractivity contribution >= 4 is 46.7 Å². The van der Waals surface area contributed by atoms with E-state index in [1.807, 2.05) is 49.4 Å². The molecule has 1 aromatic heterocycles. The van der Waals surface area contributed by atoms with Crippen LogP contribution in [0, 0.1) is 6.92 Å². The molecule has 0 saturated carbocycles. The van der Waals surface area contributed by atoms with Crippen molar-refractivity contribution in [3.8, 4) is 0 Å². The van der Waals surface area contributed by atoms with Gasteiger partial charge in [0.15, 0.2) is 5.96 Å². The molecule has 0 fully saturated rings. The number of anilines is 1. The number of guanidine groups is 1. The van der Waals surface area contributed by atoms with Crippen molar-refractivity contribution in [3.05, 3.63) is 59.4 Å². The number of H-pyrrole nitrogens is 1. The highest BCUT2D eigenvalue weighted by Crippen LogP contribution is 2.17. The number of methoxy groups -OCH3 is 1. The maximum atomic E-state index is 6.00. The molecular formula is C18H22IN5O. The van der Waals surface area contributed by atoms with E-state index in [-0.39, 0.29) is 24.0 Å². The number of para-hydroxylation sites is 2. The number of halogens is 1. The van der Waals surface area contributed by atoms with Crippen molar-refractivity contribution < 1.29 is 4.74 Å². The molecule has 0 saturated heterocycles. The van der Waals surface area contributed by atoms with Gasteiger partial charge in [-0.1, -0.05) is 30.3 Å². The van der Waals surface area contributed by atoms with Gasteiger partial charge in [-0.15, -0.1) is 24.0 Å². The van der Waals surface area contributed by atoms with Gasteiger partial charge in [0, 0.05) is 18.4 Å². The Hall–Kier alpha value is -2.13. The van der Waals surface area contributed by atoms with Crippen LogP contribution in [0.25, 0.3) is 11.0 Å². The number of nitrogens with zero attached hydrogens (tertiary/aromatic N) is 2. The molecule has 0 spiro atoms. The fraction of sp³-hybridized carbons (Fsp3) is 0.222. The molecule has 4 N–H and O–H groups in total. The van der Waals surface area contributed by atoms with Gasteiger partial charge in [-0.25, -0.2) is 9.98 Å². The van der Waals surface area contributed by atoms with Gasteiger partial charge >= 0.3 is 0 Å². The molecule has 25 heavy (non-hydrogen) atoms. The molecule has 0 bridgehead atoms. The molecule has 6 nitrogen and oxygen atoms in total. The number of hydrogen-bond donors (Lipinski definition) is 3. The van der Waals surface area contributed by atoms with Crippen LogP contribution in [0.1, 0.15) is 17.0 Å². The minimum Gasteiger partial charge on any atom is -0.380 e. The van der Waals surface area contributed by atoms with Crippen LogP contribution in [0.2, 0.25) is 0 Å². The van der Waals surface area contributed by atoms with Gasteiger partial charge in [-0.3, -0.25) is 0 Å². The van der Waals surface area contributed by atoms with E-state index < -0.39 is 0 Å². The van der Waals surface area contributed by atoms with E-state index in [4.69, 9.17) is 10.5 Å². The number of rotatable bonds is 5. The number of nitrogens with one attached hydrogen (secondary N) is 2. The highest BCUT2D eigenvalue weighted by molar-refractivity contribution is 14.0. The van der Waals surface area contributed by atoms with Crippen LogP contribution in [0.5, 0.6) is 0 Å². The number of aromatic nitrogens is 2. The highest BCUT2D eigenvalue weighted by atomic mass is 127. The van der Waals surface area contributed by atoms with E-state index in [2.05, 4.69) is 20.3 Å². The third-order valence-electron chi connectivity index (χ3n) is 3.74. The average Bonchev–Trinajstić information content (AvgIpc) is 3.00. The molecule has 0 unspecified atom stereocenters. The van der Waals surface area contributed by atoms with Gasteiger partial charge in [0.25, 0.3) is 0 Å². The number of fused-ring (bicyclic) bond motifs is 1. The van der Waals surface area contributed by atoms with Crippen LogP contribution < -0.4 is 11.1 Å². The Morgan fingerprint density at radius 3 is 2.80 bits per heavy atom. The van der Waals surface area contributed by atoms with Crippen LogP contribution in [0.4, 0.5) is 5.69 Å². The van der Waals surface area contributed by atoms with Gasteiger partial charge in [0.1, 0.15) is 12.4 Å². The fourth-order valence-corrected chi connectivity index (χ4v) is 2.56. The summed E-state index contributed by atoms with van der Waals surface area (Å²) in [5.41, 5.74) is 11.0. The SMILES string of the molecule is COCc1ccccc1NC(N)=NCc1nc2c(C)cccc2[nH]1.I. The first-order chi connectivity index (χ1) is 11.7. The van der Waals surface area contributed by atoms with Crippen molar-refractivity contribution in [3.63, 3.8) is 0 Å². The average molecular weight is 451 g/mol.